The lowest BCUT2D eigenvalue weighted by Crippen LogP contribution is -2.52. The number of fused-ring (bicyclic) bond motifs is 1. The second-order valence-electron chi connectivity index (χ2n) is 9.64. The van der Waals surface area contributed by atoms with E-state index in [1.165, 1.54) is 12.8 Å². The maximum absolute atomic E-state index is 13.7. The number of hydrogen-bond donors (Lipinski definition) is 1. The molecule has 8 heteroatoms. The van der Waals surface area contributed by atoms with Gasteiger partial charge in [-0.15, -0.1) is 0 Å². The molecule has 2 aliphatic rings. The summed E-state index contributed by atoms with van der Waals surface area (Å²) in [7, 11) is 2.18. The number of carboxylic acid groups (broad SMARTS) is 1. The molecule has 0 bridgehead atoms. The first-order valence-corrected chi connectivity index (χ1v) is 12.6. The number of halogens is 1. The third-order valence-electron chi connectivity index (χ3n) is 7.45. The van der Waals surface area contributed by atoms with E-state index < -0.39 is 5.97 Å². The number of likely N-dealkylation sites (tertiary alicyclic amines) is 1. The molecule has 0 aliphatic carbocycles. The van der Waals surface area contributed by atoms with E-state index in [0.29, 0.717) is 39.8 Å². The van der Waals surface area contributed by atoms with Crippen molar-refractivity contribution in [1.29, 1.82) is 0 Å². The van der Waals surface area contributed by atoms with Crippen LogP contribution in [0.5, 0.6) is 0 Å². The van der Waals surface area contributed by atoms with Gasteiger partial charge < -0.3 is 10.0 Å². The van der Waals surface area contributed by atoms with Crippen LogP contribution in [-0.4, -0.2) is 82.7 Å². The van der Waals surface area contributed by atoms with Crippen molar-refractivity contribution in [2.45, 2.75) is 25.4 Å². The molecule has 3 heterocycles. The van der Waals surface area contributed by atoms with Crippen LogP contribution in [0.4, 0.5) is 0 Å². The molecule has 0 spiro atoms. The number of rotatable bonds is 5. The van der Waals surface area contributed by atoms with Crippen molar-refractivity contribution >= 4 is 28.3 Å². The first-order chi connectivity index (χ1) is 16.9. The van der Waals surface area contributed by atoms with E-state index in [4.69, 9.17) is 11.6 Å². The molecule has 0 saturated carbocycles. The number of carboxylic acids is 1. The third-order valence-corrected chi connectivity index (χ3v) is 7.69. The summed E-state index contributed by atoms with van der Waals surface area (Å²) in [5.41, 5.74) is 1.03. The first-order valence-electron chi connectivity index (χ1n) is 12.2. The summed E-state index contributed by atoms with van der Waals surface area (Å²) in [6.45, 7) is 6.22. The SMILES string of the molecule is CN1CCC(N2CCN(Cc3c(C(=O)O)c4ccccc4c(=O)n3-c3cccc(Cl)c3)CC2)CC1. The van der Waals surface area contributed by atoms with Crippen molar-refractivity contribution in [3.05, 3.63) is 75.2 Å². The fourth-order valence-corrected chi connectivity index (χ4v) is 5.72. The Labute approximate surface area is 210 Å². The Balaban J connectivity index is 1.51. The highest BCUT2D eigenvalue weighted by Gasteiger charge is 2.29. The Kier molecular flexibility index (Phi) is 6.93. The maximum Gasteiger partial charge on any atom is 0.338 e. The van der Waals surface area contributed by atoms with Crippen LogP contribution < -0.4 is 5.56 Å². The summed E-state index contributed by atoms with van der Waals surface area (Å²) in [5.74, 6) is -1.03. The van der Waals surface area contributed by atoms with Gasteiger partial charge in [-0.25, -0.2) is 4.79 Å². The molecule has 2 aromatic carbocycles. The first kappa shape index (κ1) is 24.0. The van der Waals surface area contributed by atoms with Crippen molar-refractivity contribution in [1.82, 2.24) is 19.3 Å². The van der Waals surface area contributed by atoms with E-state index >= 15 is 0 Å². The fraction of sp³-hybridized carbons (Fsp3) is 0.407. The van der Waals surface area contributed by atoms with E-state index in [9.17, 15) is 14.7 Å². The number of aromatic carboxylic acids is 1. The Morgan fingerprint density at radius 3 is 2.31 bits per heavy atom. The number of aromatic nitrogens is 1. The van der Waals surface area contributed by atoms with E-state index in [1.54, 1.807) is 53.1 Å². The lowest BCUT2D eigenvalue weighted by molar-refractivity contribution is 0.0601. The highest BCUT2D eigenvalue weighted by atomic mass is 35.5. The predicted octanol–water partition coefficient (Wildman–Crippen LogP) is 3.55. The van der Waals surface area contributed by atoms with Crippen molar-refractivity contribution in [2.24, 2.45) is 0 Å². The standard InChI is InChI=1S/C27H31ClN4O3/c1-29-11-9-20(10-12-29)31-15-13-30(14-16-31)18-24-25(27(34)35)22-7-2-3-8-23(22)26(33)32(24)21-6-4-5-19(28)17-21/h2-8,17,20H,9-16,18H2,1H3,(H,34,35). The summed E-state index contributed by atoms with van der Waals surface area (Å²) in [6, 6.07) is 14.6. The Morgan fingerprint density at radius 2 is 1.66 bits per heavy atom. The number of piperazine rings is 1. The van der Waals surface area contributed by atoms with Gasteiger partial charge in [-0.3, -0.25) is 19.2 Å². The molecule has 2 aliphatic heterocycles. The third kappa shape index (κ3) is 4.86. The molecular weight excluding hydrogens is 464 g/mol. The van der Waals surface area contributed by atoms with Gasteiger partial charge in [-0.05, 0) is 57.2 Å². The van der Waals surface area contributed by atoms with Crippen LogP contribution in [0.3, 0.4) is 0 Å². The number of carbonyl (C=O) groups is 1. The summed E-state index contributed by atoms with van der Waals surface area (Å²) in [6.07, 6.45) is 2.39. The van der Waals surface area contributed by atoms with Crippen LogP contribution in [0.1, 0.15) is 28.9 Å². The van der Waals surface area contributed by atoms with Gasteiger partial charge in [0.25, 0.3) is 5.56 Å². The van der Waals surface area contributed by atoms with Gasteiger partial charge in [-0.2, -0.15) is 0 Å². The van der Waals surface area contributed by atoms with Crippen molar-refractivity contribution < 1.29 is 9.90 Å². The van der Waals surface area contributed by atoms with Gasteiger partial charge in [0.15, 0.2) is 0 Å². The molecule has 2 saturated heterocycles. The Bertz CT molecular complexity index is 1290. The predicted molar refractivity (Wildman–Crippen MR) is 139 cm³/mol. The van der Waals surface area contributed by atoms with Crippen LogP contribution in [0, 0.1) is 0 Å². The highest BCUT2D eigenvalue weighted by molar-refractivity contribution is 6.30. The van der Waals surface area contributed by atoms with E-state index in [0.717, 1.165) is 39.3 Å². The number of nitrogens with zero attached hydrogens (tertiary/aromatic N) is 4. The molecule has 5 rings (SSSR count). The second kappa shape index (κ2) is 10.1. The normalized spacial score (nSPS) is 18.8. The quantitative estimate of drug-likeness (QED) is 0.585. The molecule has 0 amide bonds. The van der Waals surface area contributed by atoms with E-state index in [2.05, 4.69) is 21.7 Å². The lowest BCUT2D eigenvalue weighted by atomic mass is 10.0. The minimum Gasteiger partial charge on any atom is -0.478 e. The number of piperidine rings is 1. The largest absolute Gasteiger partial charge is 0.478 e. The molecule has 3 aromatic rings. The number of hydrogen-bond acceptors (Lipinski definition) is 5. The van der Waals surface area contributed by atoms with Crippen LogP contribution in [0.15, 0.2) is 53.3 Å². The van der Waals surface area contributed by atoms with Gasteiger partial charge in [-0.1, -0.05) is 35.9 Å². The van der Waals surface area contributed by atoms with Crippen LogP contribution in [0.2, 0.25) is 5.02 Å². The summed E-state index contributed by atoms with van der Waals surface area (Å²) >= 11 is 6.26. The molecular formula is C27H31ClN4O3. The maximum atomic E-state index is 13.7. The molecule has 1 N–H and O–H groups in total. The van der Waals surface area contributed by atoms with Crippen molar-refractivity contribution in [3.63, 3.8) is 0 Å². The molecule has 2 fully saturated rings. The van der Waals surface area contributed by atoms with Gasteiger partial charge >= 0.3 is 5.97 Å². The molecule has 35 heavy (non-hydrogen) atoms. The Morgan fingerprint density at radius 1 is 0.971 bits per heavy atom. The van der Waals surface area contributed by atoms with Crippen molar-refractivity contribution in [2.75, 3.05) is 46.3 Å². The van der Waals surface area contributed by atoms with Crippen molar-refractivity contribution in [3.8, 4) is 5.69 Å². The van der Waals surface area contributed by atoms with Gasteiger partial charge in [0.1, 0.15) is 0 Å². The second-order valence-corrected chi connectivity index (χ2v) is 10.1. The van der Waals surface area contributed by atoms with Gasteiger partial charge in [0.2, 0.25) is 0 Å². The van der Waals surface area contributed by atoms with Crippen LogP contribution in [0.25, 0.3) is 16.5 Å². The van der Waals surface area contributed by atoms with E-state index in [-0.39, 0.29) is 11.1 Å². The zero-order chi connectivity index (χ0) is 24.5. The highest BCUT2D eigenvalue weighted by Crippen LogP contribution is 2.26. The molecule has 0 unspecified atom stereocenters. The molecule has 0 atom stereocenters. The summed E-state index contributed by atoms with van der Waals surface area (Å²) in [5, 5.41) is 11.6. The minimum absolute atomic E-state index is 0.179. The summed E-state index contributed by atoms with van der Waals surface area (Å²) < 4.78 is 1.54. The molecule has 7 nitrogen and oxygen atoms in total. The number of benzene rings is 2. The van der Waals surface area contributed by atoms with Crippen LogP contribution in [-0.2, 0) is 6.54 Å². The van der Waals surface area contributed by atoms with Gasteiger partial charge in [0.05, 0.1) is 16.9 Å². The van der Waals surface area contributed by atoms with Gasteiger partial charge in [0, 0.05) is 54.6 Å². The molecule has 1 aromatic heterocycles. The fourth-order valence-electron chi connectivity index (χ4n) is 5.53. The average molecular weight is 495 g/mol. The summed E-state index contributed by atoms with van der Waals surface area (Å²) in [4.78, 5) is 33.4. The monoisotopic (exact) mass is 494 g/mol. The minimum atomic E-state index is -1.03. The Hall–Kier alpha value is -2.71. The lowest BCUT2D eigenvalue weighted by Gasteiger charge is -2.42. The number of pyridine rings is 1. The zero-order valence-corrected chi connectivity index (χ0v) is 20.7. The van der Waals surface area contributed by atoms with Crippen LogP contribution >= 0.6 is 11.6 Å². The van der Waals surface area contributed by atoms with E-state index in [1.807, 2.05) is 0 Å². The average Bonchev–Trinajstić information content (AvgIpc) is 2.85. The zero-order valence-electron chi connectivity index (χ0n) is 20.0. The molecule has 0 radical (unpaired) electrons. The smallest absolute Gasteiger partial charge is 0.338 e. The molecule has 184 valence electrons. The topological polar surface area (TPSA) is 69.0 Å².